The molecule has 8 nitrogen and oxygen atoms in total. The van der Waals surface area contributed by atoms with Crippen molar-refractivity contribution in [2.75, 3.05) is 26.1 Å². The average Bonchev–Trinajstić information content (AvgIpc) is 3.39. The average molecular weight is 517 g/mol. The van der Waals surface area contributed by atoms with E-state index in [1.165, 1.54) is 18.4 Å². The smallest absolute Gasteiger partial charge is 0.257 e. The molecule has 0 saturated heterocycles. The molecule has 0 spiro atoms. The minimum absolute atomic E-state index is 0.0937. The van der Waals surface area contributed by atoms with Gasteiger partial charge in [-0.1, -0.05) is 65.4 Å². The third kappa shape index (κ3) is 6.71. The molecule has 1 heterocycles. The zero-order valence-electron chi connectivity index (χ0n) is 20.9. The highest BCUT2D eigenvalue weighted by Gasteiger charge is 2.22. The molecule has 0 aliphatic rings. The molecular weight excluding hydrogens is 488 g/mol. The van der Waals surface area contributed by atoms with E-state index in [1.807, 2.05) is 61.5 Å². The number of aryl methyl sites for hydroxylation is 1. The second kappa shape index (κ2) is 12.1. The lowest BCUT2D eigenvalue weighted by molar-refractivity contribution is -0.116. The molecule has 4 aromatic rings. The Kier molecular flexibility index (Phi) is 8.48. The monoisotopic (exact) mass is 516 g/mol. The number of carbonyl (C=O) groups is 2. The molecule has 9 heteroatoms. The van der Waals surface area contributed by atoms with Crippen molar-refractivity contribution < 1.29 is 19.1 Å². The van der Waals surface area contributed by atoms with Crippen LogP contribution in [0.4, 0.5) is 5.13 Å². The molecule has 0 radical (unpaired) electrons. The van der Waals surface area contributed by atoms with Crippen LogP contribution in [0.15, 0.2) is 72.8 Å². The summed E-state index contributed by atoms with van der Waals surface area (Å²) in [5.74, 6) is 0.502. The zero-order chi connectivity index (χ0) is 26.2. The van der Waals surface area contributed by atoms with E-state index in [9.17, 15) is 9.59 Å². The molecule has 1 N–H and O–H groups in total. The third-order valence-electron chi connectivity index (χ3n) is 5.69. The molecule has 37 heavy (non-hydrogen) atoms. The van der Waals surface area contributed by atoms with Gasteiger partial charge in [0, 0.05) is 31.1 Å². The number of hydrogen-bond donors (Lipinski definition) is 1. The number of anilines is 1. The molecular formula is C28H28N4O4S. The van der Waals surface area contributed by atoms with E-state index in [2.05, 4.69) is 15.5 Å². The Labute approximate surface area is 219 Å². The van der Waals surface area contributed by atoms with Gasteiger partial charge in [0.2, 0.25) is 11.0 Å². The van der Waals surface area contributed by atoms with Crippen molar-refractivity contribution in [2.24, 2.45) is 0 Å². The molecule has 0 aliphatic carbocycles. The Morgan fingerprint density at radius 1 is 0.946 bits per heavy atom. The van der Waals surface area contributed by atoms with Crippen LogP contribution in [0.25, 0.3) is 10.6 Å². The Morgan fingerprint density at radius 2 is 1.76 bits per heavy atom. The molecule has 2 amide bonds. The van der Waals surface area contributed by atoms with Gasteiger partial charge in [-0.05, 0) is 30.7 Å². The van der Waals surface area contributed by atoms with Gasteiger partial charge >= 0.3 is 0 Å². The molecule has 0 atom stereocenters. The molecule has 4 rings (SSSR count). The van der Waals surface area contributed by atoms with Crippen molar-refractivity contribution in [3.63, 3.8) is 0 Å². The van der Waals surface area contributed by atoms with Crippen molar-refractivity contribution in [1.82, 2.24) is 15.1 Å². The summed E-state index contributed by atoms with van der Waals surface area (Å²) in [5, 5.41) is 12.3. The third-order valence-corrected chi connectivity index (χ3v) is 6.58. The molecule has 0 saturated carbocycles. The lowest BCUT2D eigenvalue weighted by Gasteiger charge is -2.24. The minimum atomic E-state index is -0.250. The fourth-order valence-electron chi connectivity index (χ4n) is 3.79. The number of rotatable bonds is 10. The van der Waals surface area contributed by atoms with Crippen LogP contribution < -0.4 is 14.8 Å². The van der Waals surface area contributed by atoms with Crippen molar-refractivity contribution in [2.45, 2.75) is 19.9 Å². The second-order valence-corrected chi connectivity index (χ2v) is 9.34. The van der Waals surface area contributed by atoms with Gasteiger partial charge < -0.3 is 19.7 Å². The number of aromatic nitrogens is 2. The van der Waals surface area contributed by atoms with Gasteiger partial charge in [-0.15, -0.1) is 10.2 Å². The number of amides is 2. The van der Waals surface area contributed by atoms with Crippen LogP contribution in [0, 0.1) is 6.92 Å². The summed E-state index contributed by atoms with van der Waals surface area (Å²) in [6, 6.07) is 22.6. The minimum Gasteiger partial charge on any atom is -0.497 e. The standard InChI is InChI=1S/C28H28N4O4S/c1-19-8-7-11-21(16-19)26-30-31-28(37-26)29-25(33)14-15-32(18-20-9-5-4-6-10-20)27(34)23-13-12-22(35-2)17-24(23)36-3/h4-13,16-17H,14-15,18H2,1-3H3,(H,29,31,33). The lowest BCUT2D eigenvalue weighted by atomic mass is 10.1. The van der Waals surface area contributed by atoms with Crippen LogP contribution in [0.2, 0.25) is 0 Å². The predicted molar refractivity (Wildman–Crippen MR) is 144 cm³/mol. The number of carbonyl (C=O) groups excluding carboxylic acids is 2. The van der Waals surface area contributed by atoms with Crippen LogP contribution in [0.1, 0.15) is 27.9 Å². The normalized spacial score (nSPS) is 10.6. The molecule has 0 aliphatic heterocycles. The summed E-state index contributed by atoms with van der Waals surface area (Å²) in [4.78, 5) is 28.0. The summed E-state index contributed by atoms with van der Waals surface area (Å²) < 4.78 is 10.7. The number of hydrogen-bond acceptors (Lipinski definition) is 7. The maximum Gasteiger partial charge on any atom is 0.257 e. The highest BCUT2D eigenvalue weighted by atomic mass is 32.1. The Balaban J connectivity index is 1.46. The first-order valence-corrected chi connectivity index (χ1v) is 12.5. The van der Waals surface area contributed by atoms with Crippen LogP contribution >= 0.6 is 11.3 Å². The lowest BCUT2D eigenvalue weighted by Crippen LogP contribution is -2.33. The largest absolute Gasteiger partial charge is 0.497 e. The number of methoxy groups -OCH3 is 2. The van der Waals surface area contributed by atoms with Crippen LogP contribution in [-0.2, 0) is 11.3 Å². The SMILES string of the molecule is COc1ccc(C(=O)N(CCC(=O)Nc2nnc(-c3cccc(C)c3)s2)Cc2ccccc2)c(OC)c1. The van der Waals surface area contributed by atoms with Crippen molar-refractivity contribution >= 4 is 28.3 Å². The predicted octanol–water partition coefficient (Wildman–Crippen LogP) is 5.20. The van der Waals surface area contributed by atoms with Crippen molar-refractivity contribution in [3.05, 3.63) is 89.5 Å². The van der Waals surface area contributed by atoms with E-state index in [4.69, 9.17) is 9.47 Å². The summed E-state index contributed by atoms with van der Waals surface area (Å²) in [7, 11) is 3.06. The van der Waals surface area contributed by atoms with Gasteiger partial charge in [-0.2, -0.15) is 0 Å². The summed E-state index contributed by atoms with van der Waals surface area (Å²) in [6.45, 7) is 2.56. The van der Waals surface area contributed by atoms with E-state index in [-0.39, 0.29) is 24.8 Å². The first-order valence-electron chi connectivity index (χ1n) is 11.7. The Morgan fingerprint density at radius 3 is 2.49 bits per heavy atom. The van der Waals surface area contributed by atoms with Crippen LogP contribution in [0.3, 0.4) is 0 Å². The fraction of sp³-hybridized carbons (Fsp3) is 0.214. The number of ether oxygens (including phenoxy) is 2. The summed E-state index contributed by atoms with van der Waals surface area (Å²) >= 11 is 1.31. The number of benzene rings is 3. The van der Waals surface area contributed by atoms with Gasteiger partial charge in [0.15, 0.2) is 0 Å². The van der Waals surface area contributed by atoms with Gasteiger partial charge in [0.25, 0.3) is 5.91 Å². The van der Waals surface area contributed by atoms with Crippen LogP contribution in [-0.4, -0.2) is 47.7 Å². The zero-order valence-corrected chi connectivity index (χ0v) is 21.7. The maximum atomic E-state index is 13.5. The molecule has 190 valence electrons. The van der Waals surface area contributed by atoms with Gasteiger partial charge in [-0.3, -0.25) is 9.59 Å². The van der Waals surface area contributed by atoms with Gasteiger partial charge in [0.05, 0.1) is 19.8 Å². The number of nitrogens with zero attached hydrogens (tertiary/aromatic N) is 3. The molecule has 0 bridgehead atoms. The van der Waals surface area contributed by atoms with Crippen LogP contribution in [0.5, 0.6) is 11.5 Å². The highest BCUT2D eigenvalue weighted by Crippen LogP contribution is 2.28. The molecule has 1 aromatic heterocycles. The topological polar surface area (TPSA) is 93.7 Å². The fourth-order valence-corrected chi connectivity index (χ4v) is 4.54. The number of nitrogens with one attached hydrogen (secondary N) is 1. The highest BCUT2D eigenvalue weighted by molar-refractivity contribution is 7.18. The van der Waals surface area contributed by atoms with E-state index in [1.54, 1.807) is 30.2 Å². The van der Waals surface area contributed by atoms with Gasteiger partial charge in [-0.25, -0.2) is 0 Å². The summed E-state index contributed by atoms with van der Waals surface area (Å²) in [6.07, 6.45) is 0.0937. The first-order chi connectivity index (χ1) is 18.0. The van der Waals surface area contributed by atoms with E-state index in [0.717, 1.165) is 21.7 Å². The first kappa shape index (κ1) is 25.8. The maximum absolute atomic E-state index is 13.5. The Hall–Kier alpha value is -4.24. The van der Waals surface area contributed by atoms with E-state index >= 15 is 0 Å². The Bertz CT molecular complexity index is 1370. The molecule has 0 fully saturated rings. The molecule has 3 aromatic carbocycles. The van der Waals surface area contributed by atoms with E-state index in [0.29, 0.717) is 28.7 Å². The van der Waals surface area contributed by atoms with Crippen molar-refractivity contribution in [3.8, 4) is 22.1 Å². The van der Waals surface area contributed by atoms with Gasteiger partial charge in [0.1, 0.15) is 16.5 Å². The second-order valence-electron chi connectivity index (χ2n) is 8.36. The van der Waals surface area contributed by atoms with E-state index < -0.39 is 0 Å². The molecule has 0 unspecified atom stereocenters. The van der Waals surface area contributed by atoms with Crippen molar-refractivity contribution in [1.29, 1.82) is 0 Å². The summed E-state index contributed by atoms with van der Waals surface area (Å²) in [5.41, 5.74) is 3.42. The quantitative estimate of drug-likeness (QED) is 0.311.